The lowest BCUT2D eigenvalue weighted by Crippen LogP contribution is -2.04. The zero-order chi connectivity index (χ0) is 14.1. The Morgan fingerprint density at radius 1 is 1.05 bits per heavy atom. The van der Waals surface area contributed by atoms with Crippen LogP contribution in [0.25, 0.3) is 10.9 Å². The summed E-state index contributed by atoms with van der Waals surface area (Å²) in [7, 11) is 0. The molecule has 0 aliphatic rings. The predicted octanol–water partition coefficient (Wildman–Crippen LogP) is 3.16. The zero-order valence-electron chi connectivity index (χ0n) is 11.9. The molecule has 0 atom stereocenters. The van der Waals surface area contributed by atoms with Gasteiger partial charge in [0, 0.05) is 11.9 Å². The van der Waals surface area contributed by atoms with Gasteiger partial charge in [-0.05, 0) is 25.5 Å². The van der Waals surface area contributed by atoms with Gasteiger partial charge in [0.05, 0.1) is 17.8 Å². The lowest BCUT2D eigenvalue weighted by molar-refractivity contribution is 0.693. The van der Waals surface area contributed by atoms with E-state index in [1.54, 1.807) is 0 Å². The summed E-state index contributed by atoms with van der Waals surface area (Å²) < 4.78 is 2.05. The fourth-order valence-electron chi connectivity index (χ4n) is 2.80. The van der Waals surface area contributed by atoms with Gasteiger partial charge in [-0.2, -0.15) is 5.10 Å². The van der Waals surface area contributed by atoms with Gasteiger partial charge in [-0.3, -0.25) is 4.68 Å². The van der Waals surface area contributed by atoms with Crippen LogP contribution in [-0.4, -0.2) is 9.78 Å². The Hall–Kier alpha value is -2.13. The molecule has 2 aromatic carbocycles. The van der Waals surface area contributed by atoms with E-state index in [1.165, 1.54) is 16.7 Å². The number of rotatable bonds is 3. The van der Waals surface area contributed by atoms with E-state index in [1.807, 2.05) is 16.8 Å². The van der Waals surface area contributed by atoms with Crippen molar-refractivity contribution in [3.63, 3.8) is 0 Å². The van der Waals surface area contributed by atoms with Crippen LogP contribution in [0.4, 0.5) is 0 Å². The van der Waals surface area contributed by atoms with E-state index in [4.69, 9.17) is 5.73 Å². The molecule has 0 bridgehead atoms. The molecule has 0 radical (unpaired) electrons. The molecule has 0 aliphatic heterocycles. The molecule has 1 aromatic heterocycles. The van der Waals surface area contributed by atoms with Crippen LogP contribution < -0.4 is 5.73 Å². The Balaban J connectivity index is 2.06. The van der Waals surface area contributed by atoms with Gasteiger partial charge >= 0.3 is 0 Å². The molecule has 0 saturated carbocycles. The zero-order valence-corrected chi connectivity index (χ0v) is 11.9. The Kier molecular flexibility index (Phi) is 3.28. The fourth-order valence-corrected chi connectivity index (χ4v) is 2.80. The van der Waals surface area contributed by atoms with E-state index < -0.39 is 0 Å². The number of para-hydroxylation sites is 1. The summed E-state index contributed by atoms with van der Waals surface area (Å²) in [5, 5.41) is 5.81. The van der Waals surface area contributed by atoms with Crippen molar-refractivity contribution in [2.24, 2.45) is 5.73 Å². The van der Waals surface area contributed by atoms with E-state index in [0.29, 0.717) is 6.54 Å². The highest BCUT2D eigenvalue weighted by Crippen LogP contribution is 2.20. The molecule has 0 aliphatic carbocycles. The van der Waals surface area contributed by atoms with Crippen LogP contribution in [0.5, 0.6) is 0 Å². The highest BCUT2D eigenvalue weighted by Gasteiger charge is 2.09. The van der Waals surface area contributed by atoms with E-state index in [9.17, 15) is 0 Å². The van der Waals surface area contributed by atoms with Gasteiger partial charge in [-0.25, -0.2) is 0 Å². The average molecular weight is 265 g/mol. The largest absolute Gasteiger partial charge is 0.325 e. The van der Waals surface area contributed by atoms with Gasteiger partial charge in [-0.15, -0.1) is 0 Å². The molecule has 20 heavy (non-hydrogen) atoms. The first kappa shape index (κ1) is 12.9. The van der Waals surface area contributed by atoms with Gasteiger partial charge in [0.25, 0.3) is 0 Å². The summed E-state index contributed by atoms with van der Waals surface area (Å²) in [6.07, 6.45) is 0. The van der Waals surface area contributed by atoms with Gasteiger partial charge < -0.3 is 5.73 Å². The van der Waals surface area contributed by atoms with Crippen LogP contribution in [0.15, 0.2) is 42.5 Å². The number of nitrogens with zero attached hydrogens (tertiary/aromatic N) is 2. The minimum atomic E-state index is 0.473. The number of hydrogen-bond acceptors (Lipinski definition) is 2. The van der Waals surface area contributed by atoms with Gasteiger partial charge in [-0.1, -0.05) is 47.5 Å². The molecule has 3 nitrogen and oxygen atoms in total. The molecule has 0 unspecified atom stereocenters. The molecular weight excluding hydrogens is 246 g/mol. The lowest BCUT2D eigenvalue weighted by atomic mass is 10.1. The van der Waals surface area contributed by atoms with Crippen molar-refractivity contribution in [2.45, 2.75) is 26.9 Å². The van der Waals surface area contributed by atoms with Crippen molar-refractivity contribution in [1.82, 2.24) is 9.78 Å². The normalized spacial score (nSPS) is 11.2. The molecule has 2 N–H and O–H groups in total. The van der Waals surface area contributed by atoms with Crippen molar-refractivity contribution in [1.29, 1.82) is 0 Å². The maximum atomic E-state index is 5.80. The standard InChI is InChI=1S/C17H19N3/c1-12-7-13(2)9-14(8-12)11-20-17-6-4-3-5-15(17)16(10-18)19-20/h3-9H,10-11,18H2,1-2H3. The third kappa shape index (κ3) is 2.32. The molecule has 3 aromatic rings. The van der Waals surface area contributed by atoms with Crippen LogP contribution in [-0.2, 0) is 13.1 Å². The Morgan fingerprint density at radius 3 is 2.45 bits per heavy atom. The number of hydrogen-bond donors (Lipinski definition) is 1. The topological polar surface area (TPSA) is 43.8 Å². The van der Waals surface area contributed by atoms with Crippen LogP contribution in [0, 0.1) is 13.8 Å². The third-order valence-electron chi connectivity index (χ3n) is 3.54. The molecule has 3 heteroatoms. The average Bonchev–Trinajstić information content (AvgIpc) is 2.76. The first-order valence-corrected chi connectivity index (χ1v) is 6.89. The summed E-state index contributed by atoms with van der Waals surface area (Å²) in [5.74, 6) is 0. The Labute approximate surface area is 119 Å². The molecule has 0 fully saturated rings. The van der Waals surface area contributed by atoms with Crippen LogP contribution in [0.3, 0.4) is 0 Å². The summed E-state index contributed by atoms with van der Waals surface area (Å²) in [6, 6.07) is 14.9. The first-order chi connectivity index (χ1) is 9.67. The molecule has 0 amide bonds. The number of benzene rings is 2. The maximum Gasteiger partial charge on any atom is 0.0839 e. The summed E-state index contributed by atoms with van der Waals surface area (Å²) in [6.45, 7) is 5.51. The van der Waals surface area contributed by atoms with E-state index >= 15 is 0 Å². The summed E-state index contributed by atoms with van der Waals surface area (Å²) >= 11 is 0. The SMILES string of the molecule is Cc1cc(C)cc(Cn2nc(CN)c3ccccc32)c1. The van der Waals surface area contributed by atoms with Crippen molar-refractivity contribution in [3.8, 4) is 0 Å². The van der Waals surface area contributed by atoms with E-state index in [-0.39, 0.29) is 0 Å². The molecule has 102 valence electrons. The number of aryl methyl sites for hydroxylation is 2. The van der Waals surface area contributed by atoms with Crippen molar-refractivity contribution in [3.05, 3.63) is 64.8 Å². The summed E-state index contributed by atoms with van der Waals surface area (Å²) in [4.78, 5) is 0. The first-order valence-electron chi connectivity index (χ1n) is 6.89. The minimum absolute atomic E-state index is 0.473. The quantitative estimate of drug-likeness (QED) is 0.790. The van der Waals surface area contributed by atoms with Crippen molar-refractivity contribution in [2.75, 3.05) is 0 Å². The van der Waals surface area contributed by atoms with E-state index in [0.717, 1.165) is 23.1 Å². The van der Waals surface area contributed by atoms with Crippen LogP contribution in [0.1, 0.15) is 22.4 Å². The lowest BCUT2D eigenvalue weighted by Gasteiger charge is -2.06. The molecule has 0 spiro atoms. The molecule has 0 saturated heterocycles. The maximum absolute atomic E-state index is 5.80. The van der Waals surface area contributed by atoms with Gasteiger partial charge in [0.15, 0.2) is 0 Å². The van der Waals surface area contributed by atoms with E-state index in [2.05, 4.69) is 49.3 Å². The number of nitrogens with two attached hydrogens (primary N) is 1. The van der Waals surface area contributed by atoms with Crippen molar-refractivity contribution < 1.29 is 0 Å². The van der Waals surface area contributed by atoms with Gasteiger partial charge in [0.1, 0.15) is 0 Å². The molecule has 3 rings (SSSR count). The second-order valence-corrected chi connectivity index (χ2v) is 5.32. The third-order valence-corrected chi connectivity index (χ3v) is 3.54. The highest BCUT2D eigenvalue weighted by molar-refractivity contribution is 5.82. The summed E-state index contributed by atoms with van der Waals surface area (Å²) in [5.41, 5.74) is 11.8. The predicted molar refractivity (Wildman–Crippen MR) is 82.6 cm³/mol. The number of fused-ring (bicyclic) bond motifs is 1. The fraction of sp³-hybridized carbons (Fsp3) is 0.235. The minimum Gasteiger partial charge on any atom is -0.325 e. The number of aromatic nitrogens is 2. The molecular formula is C17H19N3. The highest BCUT2D eigenvalue weighted by atomic mass is 15.3. The smallest absolute Gasteiger partial charge is 0.0839 e. The molecule has 1 heterocycles. The van der Waals surface area contributed by atoms with Crippen LogP contribution >= 0.6 is 0 Å². The monoisotopic (exact) mass is 265 g/mol. The second kappa shape index (κ2) is 5.10. The Morgan fingerprint density at radius 2 is 1.75 bits per heavy atom. The van der Waals surface area contributed by atoms with Gasteiger partial charge in [0.2, 0.25) is 0 Å². The van der Waals surface area contributed by atoms with Crippen molar-refractivity contribution >= 4 is 10.9 Å². The van der Waals surface area contributed by atoms with Crippen LogP contribution in [0.2, 0.25) is 0 Å². The Bertz CT molecular complexity index is 736. The second-order valence-electron chi connectivity index (χ2n) is 5.32.